The maximum atomic E-state index is 5.94. The standard InChI is InChI=1S/C14H20N2O2/c1-4-14(5-8-17-11-14)16-9-13(1)18-10-12-2-6-15-7-3-12/h2-3,6-7,13,16H,1,4-5,8-11H2. The van der Waals surface area contributed by atoms with Crippen molar-refractivity contribution in [3.05, 3.63) is 30.1 Å². The fourth-order valence-corrected chi connectivity index (χ4v) is 2.74. The van der Waals surface area contributed by atoms with Gasteiger partial charge in [-0.3, -0.25) is 4.98 Å². The number of aromatic nitrogens is 1. The van der Waals surface area contributed by atoms with E-state index >= 15 is 0 Å². The molecular weight excluding hydrogens is 228 g/mol. The molecule has 1 N–H and O–H groups in total. The molecule has 18 heavy (non-hydrogen) atoms. The van der Waals surface area contributed by atoms with Crippen LogP contribution < -0.4 is 5.32 Å². The molecule has 4 heteroatoms. The highest BCUT2D eigenvalue weighted by Gasteiger charge is 2.38. The highest BCUT2D eigenvalue weighted by molar-refractivity contribution is 5.08. The molecule has 3 rings (SSSR count). The summed E-state index contributed by atoms with van der Waals surface area (Å²) in [6.45, 7) is 3.38. The molecule has 4 nitrogen and oxygen atoms in total. The number of piperidine rings is 1. The molecular formula is C14H20N2O2. The Balaban J connectivity index is 1.46. The number of nitrogens with zero attached hydrogens (tertiary/aromatic N) is 1. The fraction of sp³-hybridized carbons (Fsp3) is 0.643. The lowest BCUT2D eigenvalue weighted by molar-refractivity contribution is 0.00253. The Morgan fingerprint density at radius 1 is 1.39 bits per heavy atom. The van der Waals surface area contributed by atoms with Gasteiger partial charge < -0.3 is 14.8 Å². The van der Waals surface area contributed by atoms with Crippen molar-refractivity contribution in [3.8, 4) is 0 Å². The molecule has 1 aromatic rings. The summed E-state index contributed by atoms with van der Waals surface area (Å²) in [6.07, 6.45) is 7.37. The van der Waals surface area contributed by atoms with Gasteiger partial charge in [-0.1, -0.05) is 0 Å². The van der Waals surface area contributed by atoms with Crippen molar-refractivity contribution >= 4 is 0 Å². The molecule has 2 unspecified atom stereocenters. The van der Waals surface area contributed by atoms with Gasteiger partial charge in [0.1, 0.15) is 0 Å². The van der Waals surface area contributed by atoms with Gasteiger partial charge in [-0.15, -0.1) is 0 Å². The number of pyridine rings is 1. The normalized spacial score (nSPS) is 31.9. The Morgan fingerprint density at radius 2 is 2.28 bits per heavy atom. The van der Waals surface area contributed by atoms with Crippen LogP contribution in [-0.2, 0) is 16.1 Å². The summed E-state index contributed by atoms with van der Waals surface area (Å²) in [4.78, 5) is 4.01. The van der Waals surface area contributed by atoms with E-state index in [4.69, 9.17) is 9.47 Å². The first-order chi connectivity index (χ1) is 8.86. The molecule has 1 spiro atoms. The molecule has 2 aliphatic heterocycles. The van der Waals surface area contributed by atoms with Crippen LogP contribution in [0.3, 0.4) is 0 Å². The predicted molar refractivity (Wildman–Crippen MR) is 68.2 cm³/mol. The highest BCUT2D eigenvalue weighted by atomic mass is 16.5. The monoisotopic (exact) mass is 248 g/mol. The van der Waals surface area contributed by atoms with E-state index in [1.807, 2.05) is 24.5 Å². The van der Waals surface area contributed by atoms with Gasteiger partial charge in [-0.2, -0.15) is 0 Å². The molecule has 1 aromatic heterocycles. The van der Waals surface area contributed by atoms with Crippen LogP contribution >= 0.6 is 0 Å². The third-order valence-corrected chi connectivity index (χ3v) is 3.99. The SMILES string of the molecule is c1cc(COC2CCC3(CCOC3)NC2)ccn1. The molecule has 2 fully saturated rings. The summed E-state index contributed by atoms with van der Waals surface area (Å²) in [5.74, 6) is 0. The Morgan fingerprint density at radius 3 is 2.94 bits per heavy atom. The first-order valence-corrected chi connectivity index (χ1v) is 6.70. The van der Waals surface area contributed by atoms with E-state index in [1.54, 1.807) is 0 Å². The lowest BCUT2D eigenvalue weighted by Crippen LogP contribution is -2.53. The van der Waals surface area contributed by atoms with Crippen molar-refractivity contribution in [2.75, 3.05) is 19.8 Å². The van der Waals surface area contributed by atoms with Gasteiger partial charge >= 0.3 is 0 Å². The highest BCUT2D eigenvalue weighted by Crippen LogP contribution is 2.28. The van der Waals surface area contributed by atoms with Gasteiger partial charge in [-0.05, 0) is 37.0 Å². The minimum atomic E-state index is 0.247. The summed E-state index contributed by atoms with van der Waals surface area (Å²) in [5, 5.41) is 3.62. The minimum Gasteiger partial charge on any atom is -0.379 e. The summed E-state index contributed by atoms with van der Waals surface area (Å²) < 4.78 is 11.4. The third kappa shape index (κ3) is 2.71. The number of nitrogens with one attached hydrogen (secondary N) is 1. The zero-order chi connectivity index (χ0) is 12.3. The summed E-state index contributed by atoms with van der Waals surface area (Å²) in [6, 6.07) is 4.01. The van der Waals surface area contributed by atoms with Gasteiger partial charge in [0.15, 0.2) is 0 Å². The Kier molecular flexibility index (Phi) is 3.59. The van der Waals surface area contributed by atoms with Crippen molar-refractivity contribution in [2.24, 2.45) is 0 Å². The molecule has 2 atom stereocenters. The van der Waals surface area contributed by atoms with Gasteiger partial charge in [0.25, 0.3) is 0 Å². The van der Waals surface area contributed by atoms with Gasteiger partial charge in [-0.25, -0.2) is 0 Å². The lowest BCUT2D eigenvalue weighted by Gasteiger charge is -2.37. The van der Waals surface area contributed by atoms with Crippen LogP contribution in [0.5, 0.6) is 0 Å². The van der Waals surface area contributed by atoms with Crippen LogP contribution in [0, 0.1) is 0 Å². The van der Waals surface area contributed by atoms with Crippen LogP contribution in [0.2, 0.25) is 0 Å². The molecule has 0 aromatic carbocycles. The summed E-state index contributed by atoms with van der Waals surface area (Å²) in [5.41, 5.74) is 1.44. The predicted octanol–water partition coefficient (Wildman–Crippen LogP) is 1.51. The maximum Gasteiger partial charge on any atom is 0.0722 e. The van der Waals surface area contributed by atoms with Crippen molar-refractivity contribution in [3.63, 3.8) is 0 Å². The van der Waals surface area contributed by atoms with E-state index in [2.05, 4.69) is 10.3 Å². The summed E-state index contributed by atoms with van der Waals surface area (Å²) in [7, 11) is 0. The molecule has 2 aliphatic rings. The third-order valence-electron chi connectivity index (χ3n) is 3.99. The molecule has 0 amide bonds. The number of hydrogen-bond donors (Lipinski definition) is 1. The molecule has 2 saturated heterocycles. The zero-order valence-electron chi connectivity index (χ0n) is 10.6. The van der Waals surface area contributed by atoms with Gasteiger partial charge in [0.2, 0.25) is 0 Å². The number of ether oxygens (including phenoxy) is 2. The Bertz CT molecular complexity index is 367. The Labute approximate surface area is 108 Å². The topological polar surface area (TPSA) is 43.4 Å². The van der Waals surface area contributed by atoms with Crippen molar-refractivity contribution in [1.29, 1.82) is 0 Å². The molecule has 98 valence electrons. The smallest absolute Gasteiger partial charge is 0.0722 e. The number of rotatable bonds is 3. The van der Waals surface area contributed by atoms with E-state index in [1.165, 1.54) is 5.56 Å². The van der Waals surface area contributed by atoms with Gasteiger partial charge in [0.05, 0.1) is 19.3 Å². The molecule has 0 bridgehead atoms. The molecule has 0 saturated carbocycles. The first-order valence-electron chi connectivity index (χ1n) is 6.70. The average molecular weight is 248 g/mol. The van der Waals surface area contributed by atoms with E-state index in [9.17, 15) is 0 Å². The van der Waals surface area contributed by atoms with Crippen LogP contribution in [0.1, 0.15) is 24.8 Å². The quantitative estimate of drug-likeness (QED) is 0.880. The summed E-state index contributed by atoms with van der Waals surface area (Å²) >= 11 is 0. The number of hydrogen-bond acceptors (Lipinski definition) is 4. The van der Waals surface area contributed by atoms with Crippen molar-refractivity contribution in [2.45, 2.75) is 37.5 Å². The average Bonchev–Trinajstić information content (AvgIpc) is 2.88. The van der Waals surface area contributed by atoms with Gasteiger partial charge in [0, 0.05) is 31.1 Å². The largest absolute Gasteiger partial charge is 0.379 e. The molecule has 3 heterocycles. The second-order valence-electron chi connectivity index (χ2n) is 5.29. The van der Waals surface area contributed by atoms with Crippen LogP contribution in [-0.4, -0.2) is 36.4 Å². The van der Waals surface area contributed by atoms with Crippen LogP contribution in [0.4, 0.5) is 0 Å². The van der Waals surface area contributed by atoms with E-state index in [-0.39, 0.29) is 5.54 Å². The second-order valence-corrected chi connectivity index (χ2v) is 5.29. The second kappa shape index (κ2) is 5.34. The zero-order valence-corrected chi connectivity index (χ0v) is 10.6. The van der Waals surface area contributed by atoms with E-state index in [0.29, 0.717) is 12.7 Å². The van der Waals surface area contributed by atoms with Crippen molar-refractivity contribution < 1.29 is 9.47 Å². The van der Waals surface area contributed by atoms with Crippen LogP contribution in [0.25, 0.3) is 0 Å². The van der Waals surface area contributed by atoms with Crippen LogP contribution in [0.15, 0.2) is 24.5 Å². The maximum absolute atomic E-state index is 5.94. The molecule has 0 radical (unpaired) electrons. The first kappa shape index (κ1) is 12.1. The van der Waals surface area contributed by atoms with E-state index in [0.717, 1.165) is 39.0 Å². The lowest BCUT2D eigenvalue weighted by atomic mass is 9.87. The van der Waals surface area contributed by atoms with E-state index < -0.39 is 0 Å². The van der Waals surface area contributed by atoms with Crippen molar-refractivity contribution in [1.82, 2.24) is 10.3 Å². The minimum absolute atomic E-state index is 0.247. The fourth-order valence-electron chi connectivity index (χ4n) is 2.74. The Hall–Kier alpha value is -0.970. The molecule has 0 aliphatic carbocycles.